The molecule has 0 spiro atoms. The molecule has 71 valence electrons. The molecule has 0 fully saturated rings. The van der Waals surface area contributed by atoms with E-state index < -0.39 is 0 Å². The summed E-state index contributed by atoms with van der Waals surface area (Å²) in [7, 11) is 0. The van der Waals surface area contributed by atoms with E-state index in [0.29, 0.717) is 0 Å². The second-order valence-corrected chi connectivity index (χ2v) is 2.28. The van der Waals surface area contributed by atoms with Crippen LogP contribution in [0.1, 0.15) is 27.2 Å². The van der Waals surface area contributed by atoms with Crippen molar-refractivity contribution in [2.45, 2.75) is 27.2 Å². The maximum atomic E-state index is 5.30. The van der Waals surface area contributed by atoms with E-state index in [1.165, 1.54) is 5.57 Å². The summed E-state index contributed by atoms with van der Waals surface area (Å²) in [6.45, 7) is 7.53. The minimum absolute atomic E-state index is 0. The van der Waals surface area contributed by atoms with Crippen LogP contribution in [0.4, 0.5) is 0 Å². The zero-order valence-corrected chi connectivity index (χ0v) is 14.9. The molecule has 0 aromatic rings. The van der Waals surface area contributed by atoms with Crippen LogP contribution in [0.2, 0.25) is 0 Å². The van der Waals surface area contributed by atoms with E-state index in [1.807, 2.05) is 20.8 Å². The van der Waals surface area contributed by atoms with Crippen LogP contribution in [0.25, 0.3) is 0 Å². The van der Waals surface area contributed by atoms with E-state index in [-0.39, 0.29) is 72.8 Å². The molecule has 0 aliphatic carbocycles. The fourth-order valence-electron chi connectivity index (χ4n) is 0.499. The van der Waals surface area contributed by atoms with Crippen molar-refractivity contribution in [3.63, 3.8) is 0 Å². The molecular formula is C10H19OY2. The predicted octanol–water partition coefficient (Wildman–Crippen LogP) is 2.83. The van der Waals surface area contributed by atoms with Gasteiger partial charge in [0, 0.05) is 45.9 Å². The number of hydrogen-bond acceptors (Lipinski definition) is 1. The molecule has 0 saturated carbocycles. The third-order valence-corrected chi connectivity index (χ3v) is 1.30. The van der Waals surface area contributed by atoms with Gasteiger partial charge in [-0.25, -0.2) is 5.57 Å². The molecule has 0 atom stereocenters. The molecule has 1 nitrogen and oxygen atoms in total. The summed E-state index contributed by atoms with van der Waals surface area (Å²) in [6, 6.07) is 0. The Morgan fingerprint density at radius 3 is 2.38 bits per heavy atom. The topological polar surface area (TPSA) is 9.23 Å². The number of rotatable bonds is 5. The number of unbranched alkanes of at least 4 members (excludes halogenated alkanes) is 1. The van der Waals surface area contributed by atoms with Crippen LogP contribution in [-0.2, 0) is 70.2 Å². The van der Waals surface area contributed by atoms with Gasteiger partial charge in [-0.1, -0.05) is 6.92 Å². The van der Waals surface area contributed by atoms with Gasteiger partial charge < -0.3 is 24.7 Å². The molecule has 0 N–H and O–H groups in total. The summed E-state index contributed by atoms with van der Waals surface area (Å²) in [4.78, 5) is 0. The minimum Gasteiger partial charge on any atom is -0.498 e. The third kappa shape index (κ3) is 20.1. The number of hydrogen-bond donors (Lipinski definition) is 0. The Labute approximate surface area is 134 Å². The van der Waals surface area contributed by atoms with Crippen molar-refractivity contribution >= 4 is 0 Å². The standard InChI is InChI=1S/C9H16O.CH3.2Y/c1-4-6-7-10-8-9(3)5-2;;;/h4H,6-8H2,1-3H3;1H3;;/q-2;-1;;+3. The minimum atomic E-state index is 0. The second-order valence-electron chi connectivity index (χ2n) is 2.28. The van der Waals surface area contributed by atoms with Crippen molar-refractivity contribution in [2.75, 3.05) is 13.2 Å². The van der Waals surface area contributed by atoms with Crippen molar-refractivity contribution in [1.82, 2.24) is 0 Å². The van der Waals surface area contributed by atoms with Crippen LogP contribution in [0.3, 0.4) is 0 Å². The average molecular weight is 333 g/mol. The summed E-state index contributed by atoms with van der Waals surface area (Å²) in [5, 5.41) is 0. The van der Waals surface area contributed by atoms with Crippen molar-refractivity contribution < 1.29 is 70.2 Å². The number of ether oxygens (including phenoxy) is 1. The normalized spacial score (nSPS) is 9.31. The van der Waals surface area contributed by atoms with Crippen LogP contribution in [0.5, 0.6) is 0 Å². The maximum absolute atomic E-state index is 5.30. The largest absolute Gasteiger partial charge is 3.00 e. The van der Waals surface area contributed by atoms with Gasteiger partial charge in [0.25, 0.3) is 0 Å². The van der Waals surface area contributed by atoms with Crippen LogP contribution >= 0.6 is 0 Å². The molecule has 0 rings (SSSR count). The van der Waals surface area contributed by atoms with E-state index in [9.17, 15) is 0 Å². The van der Waals surface area contributed by atoms with Crippen LogP contribution in [0, 0.1) is 19.9 Å². The Balaban J connectivity index is -0.000000135. The Kier molecular flexibility index (Phi) is 36.3. The van der Waals surface area contributed by atoms with Gasteiger partial charge in [0.1, 0.15) is 0 Å². The van der Waals surface area contributed by atoms with Crippen molar-refractivity contribution in [1.29, 1.82) is 0 Å². The fourth-order valence-corrected chi connectivity index (χ4v) is 0.499. The molecule has 0 unspecified atom stereocenters. The predicted molar refractivity (Wildman–Crippen MR) is 49.9 cm³/mol. The van der Waals surface area contributed by atoms with Gasteiger partial charge in [0.15, 0.2) is 0 Å². The van der Waals surface area contributed by atoms with Gasteiger partial charge in [0.2, 0.25) is 0 Å². The van der Waals surface area contributed by atoms with Gasteiger partial charge in [0.05, 0.1) is 0 Å². The van der Waals surface area contributed by atoms with Crippen LogP contribution in [-0.4, -0.2) is 13.2 Å². The maximum Gasteiger partial charge on any atom is 3.00 e. The van der Waals surface area contributed by atoms with Crippen molar-refractivity contribution in [3.05, 3.63) is 25.5 Å². The Morgan fingerprint density at radius 2 is 2.00 bits per heavy atom. The molecule has 0 aliphatic heterocycles. The van der Waals surface area contributed by atoms with Gasteiger partial charge in [-0.15, -0.1) is 0 Å². The van der Waals surface area contributed by atoms with Gasteiger partial charge >= 0.3 is 32.7 Å². The quantitative estimate of drug-likeness (QED) is 0.555. The molecule has 0 amide bonds. The molecule has 0 aromatic heterocycles. The SMILES string of the molecule is C[C-]=C(C)COCC[CH-]C.[CH3-].[Y+3].[Y]. The summed E-state index contributed by atoms with van der Waals surface area (Å²) in [5.74, 6) is 0. The van der Waals surface area contributed by atoms with Gasteiger partial charge in [-0.3, -0.25) is 0 Å². The van der Waals surface area contributed by atoms with E-state index in [2.05, 4.69) is 12.5 Å². The van der Waals surface area contributed by atoms with E-state index in [4.69, 9.17) is 4.74 Å². The Bertz CT molecular complexity index is 103. The van der Waals surface area contributed by atoms with Crippen molar-refractivity contribution in [3.8, 4) is 0 Å². The molecule has 0 bridgehead atoms. The summed E-state index contributed by atoms with van der Waals surface area (Å²) in [5.41, 5.74) is 1.18. The fraction of sp³-hybridized carbons (Fsp3) is 0.600. The molecule has 1 radical (unpaired) electrons. The van der Waals surface area contributed by atoms with E-state index >= 15 is 0 Å². The molecule has 13 heavy (non-hydrogen) atoms. The molecule has 3 heteroatoms. The third-order valence-electron chi connectivity index (χ3n) is 1.30. The van der Waals surface area contributed by atoms with E-state index in [0.717, 1.165) is 19.6 Å². The first-order chi connectivity index (χ1) is 4.81. The number of allylic oxidation sites excluding steroid dienone is 1. The molecule has 0 heterocycles. The molecule has 0 aliphatic rings. The van der Waals surface area contributed by atoms with Gasteiger partial charge in [-0.2, -0.15) is 20.3 Å². The zero-order chi connectivity index (χ0) is 7.82. The van der Waals surface area contributed by atoms with Crippen molar-refractivity contribution in [2.24, 2.45) is 0 Å². The summed E-state index contributed by atoms with van der Waals surface area (Å²) >= 11 is 0. The Morgan fingerprint density at radius 1 is 1.46 bits per heavy atom. The monoisotopic (exact) mass is 333 g/mol. The zero-order valence-electron chi connectivity index (χ0n) is 9.26. The summed E-state index contributed by atoms with van der Waals surface area (Å²) < 4.78 is 5.30. The Hall–Kier alpha value is 1.91. The molecule has 0 aromatic carbocycles. The second kappa shape index (κ2) is 19.5. The average Bonchev–Trinajstić information content (AvgIpc) is 1.98. The van der Waals surface area contributed by atoms with E-state index in [1.54, 1.807) is 0 Å². The first-order valence-corrected chi connectivity index (χ1v) is 3.67. The molecule has 0 saturated heterocycles. The molecular weight excluding hydrogens is 314 g/mol. The smallest absolute Gasteiger partial charge is 0.498 e. The van der Waals surface area contributed by atoms with Gasteiger partial charge in [-0.05, 0) is 0 Å². The first-order valence-electron chi connectivity index (χ1n) is 3.67. The first kappa shape index (κ1) is 24.2. The van der Waals surface area contributed by atoms with Crippen LogP contribution in [0.15, 0.2) is 5.57 Å². The van der Waals surface area contributed by atoms with Crippen LogP contribution < -0.4 is 0 Å². The summed E-state index contributed by atoms with van der Waals surface area (Å²) in [6.07, 6.45) is 6.17.